The maximum Gasteiger partial charge on any atom is 0.408 e. The summed E-state index contributed by atoms with van der Waals surface area (Å²) in [6.07, 6.45) is 7.38. The lowest BCUT2D eigenvalue weighted by Crippen LogP contribution is -2.53. The number of nitrogens with one attached hydrogen (secondary N) is 1. The first-order chi connectivity index (χ1) is 25.4. The number of carbonyl (C=O) groups excluding carboxylic acids is 3. The number of allylic oxidation sites excluding steroid dienone is 2. The first-order valence-electron chi connectivity index (χ1n) is 18.1. The molecule has 53 heavy (non-hydrogen) atoms. The number of nitrogens with zero attached hydrogens (tertiary/aromatic N) is 2. The summed E-state index contributed by atoms with van der Waals surface area (Å²) >= 11 is 0. The van der Waals surface area contributed by atoms with Crippen LogP contribution in [0.5, 0.6) is 5.75 Å². The zero-order chi connectivity index (χ0) is 40.6. The number of aliphatic hydroxyl groups excluding tert-OH is 1. The standard InChI is InChI=1S/C28H35F2N3O6.C7H15NO.C3H6.C2H6/c1-3-4-12-39-28(37)32-25(9-11-34)27(36)33(10-8-19-6-5-7-23(15-19)38-2)18-26(35)24(31)16-20-13-21(29)17-22(30)14-20;1-3-5-7(8-9)6-4-2;1-3-2;1-2/h3-7,11,13-15,17,24-26,35H,8-10,12,16,18,31H2,1-2H3,(H,32,37);7H,3-6H2,1-2H3;3H,1H2,2H3;1-2H3/b4-3+;;;. The van der Waals surface area contributed by atoms with Crippen LogP contribution in [0.4, 0.5) is 13.6 Å². The molecule has 0 radical (unpaired) electrons. The van der Waals surface area contributed by atoms with E-state index in [0.717, 1.165) is 49.4 Å². The molecule has 3 unspecified atom stereocenters. The maximum atomic E-state index is 13.6. The molecule has 11 nitrogen and oxygen atoms in total. The van der Waals surface area contributed by atoms with Crippen molar-refractivity contribution in [1.82, 2.24) is 10.2 Å². The summed E-state index contributed by atoms with van der Waals surface area (Å²) in [6.45, 7) is 15.0. The van der Waals surface area contributed by atoms with Crippen molar-refractivity contribution < 1.29 is 37.7 Å². The van der Waals surface area contributed by atoms with Crippen molar-refractivity contribution >= 4 is 18.3 Å². The van der Waals surface area contributed by atoms with Crippen LogP contribution >= 0.6 is 0 Å². The van der Waals surface area contributed by atoms with Gasteiger partial charge in [-0.15, -0.1) is 6.58 Å². The molecule has 4 N–H and O–H groups in total. The van der Waals surface area contributed by atoms with E-state index in [0.29, 0.717) is 18.5 Å². The van der Waals surface area contributed by atoms with Crippen LogP contribution in [0, 0.1) is 16.5 Å². The minimum atomic E-state index is -1.29. The van der Waals surface area contributed by atoms with Gasteiger partial charge in [-0.2, -0.15) is 4.91 Å². The first-order valence-corrected chi connectivity index (χ1v) is 18.1. The number of amides is 2. The molecule has 0 aliphatic heterocycles. The van der Waals surface area contributed by atoms with Gasteiger partial charge in [0.25, 0.3) is 0 Å². The fourth-order valence-corrected chi connectivity index (χ4v) is 4.74. The Labute approximate surface area is 315 Å². The fraction of sp³-hybridized carbons (Fsp3) is 0.525. The molecule has 298 valence electrons. The Hall–Kier alpha value is -4.49. The van der Waals surface area contributed by atoms with E-state index in [1.54, 1.807) is 43.4 Å². The highest BCUT2D eigenvalue weighted by atomic mass is 19.1. The highest BCUT2D eigenvalue weighted by molar-refractivity contribution is 5.87. The number of aldehydes is 1. The number of nitrogens with two attached hydrogens (primary N) is 1. The summed E-state index contributed by atoms with van der Waals surface area (Å²) < 4.78 is 37.4. The van der Waals surface area contributed by atoms with Crippen LogP contribution in [0.25, 0.3) is 0 Å². The summed E-state index contributed by atoms with van der Waals surface area (Å²) in [4.78, 5) is 48.3. The van der Waals surface area contributed by atoms with Gasteiger partial charge in [0.2, 0.25) is 5.91 Å². The number of carbonyl (C=O) groups is 3. The van der Waals surface area contributed by atoms with E-state index in [1.807, 2.05) is 26.8 Å². The molecule has 0 aromatic heterocycles. The van der Waals surface area contributed by atoms with Crippen LogP contribution < -0.4 is 15.8 Å². The number of methoxy groups -OCH3 is 1. The van der Waals surface area contributed by atoms with Gasteiger partial charge < -0.3 is 35.3 Å². The molecule has 2 rings (SSSR count). The Kier molecular flexibility index (Phi) is 30.7. The van der Waals surface area contributed by atoms with Gasteiger partial charge in [0.15, 0.2) is 0 Å². The van der Waals surface area contributed by atoms with Crippen LogP contribution in [-0.4, -0.2) is 79.3 Å². The largest absolute Gasteiger partial charge is 0.497 e. The SMILES string of the molecule is C/C=C/COC(=O)NC(CC=O)C(=O)N(CCc1cccc(OC)c1)CC(O)C(N)Cc1cc(F)cc(F)c1.C=CC.CC.CCCC(CCC)N=O. The molecule has 13 heteroatoms. The average molecular weight is 749 g/mol. The van der Waals surface area contributed by atoms with Gasteiger partial charge in [-0.1, -0.05) is 76.1 Å². The third-order valence-electron chi connectivity index (χ3n) is 7.27. The van der Waals surface area contributed by atoms with Gasteiger partial charge in [-0.3, -0.25) is 4.79 Å². The van der Waals surface area contributed by atoms with Gasteiger partial charge in [-0.05, 0) is 74.9 Å². The summed E-state index contributed by atoms with van der Waals surface area (Å²) in [5, 5.41) is 16.2. The second-order valence-corrected chi connectivity index (χ2v) is 11.6. The van der Waals surface area contributed by atoms with E-state index in [4.69, 9.17) is 15.2 Å². The fourth-order valence-electron chi connectivity index (χ4n) is 4.74. The molecule has 0 saturated heterocycles. The number of hydrogen-bond acceptors (Lipinski definition) is 9. The number of nitroso groups, excluding NO2 is 1. The predicted molar refractivity (Wildman–Crippen MR) is 208 cm³/mol. The second-order valence-electron chi connectivity index (χ2n) is 11.6. The third-order valence-corrected chi connectivity index (χ3v) is 7.27. The minimum absolute atomic E-state index is 0.0157. The van der Waals surface area contributed by atoms with Crippen molar-refractivity contribution in [2.45, 2.75) is 111 Å². The Morgan fingerprint density at radius 1 is 1.06 bits per heavy atom. The normalized spacial score (nSPS) is 11.9. The van der Waals surface area contributed by atoms with Crippen LogP contribution in [0.15, 0.2) is 72.4 Å². The van der Waals surface area contributed by atoms with Crippen molar-refractivity contribution in [2.24, 2.45) is 10.9 Å². The average Bonchev–Trinajstić information content (AvgIpc) is 3.13. The highest BCUT2D eigenvalue weighted by Crippen LogP contribution is 2.16. The van der Waals surface area contributed by atoms with E-state index in [-0.39, 0.29) is 44.1 Å². The molecule has 0 bridgehead atoms. The van der Waals surface area contributed by atoms with Crippen LogP contribution in [0.1, 0.15) is 84.8 Å². The summed E-state index contributed by atoms with van der Waals surface area (Å²) in [5.41, 5.74) is 7.21. The second kappa shape index (κ2) is 32.2. The quantitative estimate of drug-likeness (QED) is 0.0714. The van der Waals surface area contributed by atoms with E-state index >= 15 is 0 Å². The zero-order valence-corrected chi connectivity index (χ0v) is 32.6. The molecule has 0 spiro atoms. The Bertz CT molecular complexity index is 1320. The van der Waals surface area contributed by atoms with Gasteiger partial charge in [0.1, 0.15) is 36.3 Å². The van der Waals surface area contributed by atoms with E-state index < -0.39 is 41.8 Å². The van der Waals surface area contributed by atoms with Gasteiger partial charge in [0.05, 0.1) is 19.3 Å². The van der Waals surface area contributed by atoms with E-state index in [1.165, 1.54) is 12.0 Å². The molecular formula is C40H62F2N4O7. The van der Waals surface area contributed by atoms with E-state index in [9.17, 15) is 33.2 Å². The number of hydrogen-bond donors (Lipinski definition) is 3. The van der Waals surface area contributed by atoms with Crippen LogP contribution in [0.2, 0.25) is 0 Å². The number of alkyl carbamates (subject to hydrolysis) is 1. The van der Waals surface area contributed by atoms with Crippen molar-refractivity contribution in [2.75, 3.05) is 26.8 Å². The first kappa shape index (κ1) is 50.6. The van der Waals surface area contributed by atoms with Crippen molar-refractivity contribution in [3.63, 3.8) is 0 Å². The molecule has 2 amide bonds. The molecular weight excluding hydrogens is 686 g/mol. The van der Waals surface area contributed by atoms with Crippen LogP contribution in [-0.2, 0) is 27.2 Å². The number of benzene rings is 2. The number of rotatable bonds is 20. The number of ether oxygens (including phenoxy) is 2. The summed E-state index contributed by atoms with van der Waals surface area (Å²) in [6, 6.07) is 8.03. The Morgan fingerprint density at radius 2 is 1.66 bits per heavy atom. The lowest BCUT2D eigenvalue weighted by molar-refractivity contribution is -0.136. The van der Waals surface area contributed by atoms with Gasteiger partial charge in [-0.25, -0.2) is 13.6 Å². The molecule has 0 aliphatic rings. The van der Waals surface area contributed by atoms with Gasteiger partial charge >= 0.3 is 6.09 Å². The topological polar surface area (TPSA) is 161 Å². The summed E-state index contributed by atoms with van der Waals surface area (Å²) in [5.74, 6) is -1.55. The number of halogens is 2. The molecule has 0 fully saturated rings. The lowest BCUT2D eigenvalue weighted by atomic mass is 10.0. The highest BCUT2D eigenvalue weighted by Gasteiger charge is 2.29. The van der Waals surface area contributed by atoms with Crippen molar-refractivity contribution in [3.8, 4) is 5.75 Å². The summed E-state index contributed by atoms with van der Waals surface area (Å²) in [7, 11) is 1.53. The molecule has 3 atom stereocenters. The maximum absolute atomic E-state index is 13.6. The monoisotopic (exact) mass is 748 g/mol. The third kappa shape index (κ3) is 23.6. The van der Waals surface area contributed by atoms with E-state index in [2.05, 4.69) is 30.9 Å². The van der Waals surface area contributed by atoms with Crippen molar-refractivity contribution in [1.29, 1.82) is 0 Å². The van der Waals surface area contributed by atoms with Gasteiger partial charge in [0, 0.05) is 31.6 Å². The predicted octanol–water partition coefficient (Wildman–Crippen LogP) is 7.48. The number of aliphatic hydroxyl groups is 1. The molecule has 0 saturated carbocycles. The molecule has 2 aromatic rings. The Balaban J connectivity index is 0. The smallest absolute Gasteiger partial charge is 0.408 e. The Morgan fingerprint density at radius 3 is 2.17 bits per heavy atom. The van der Waals surface area contributed by atoms with Crippen molar-refractivity contribution in [3.05, 3.63) is 94.9 Å². The molecule has 2 aromatic carbocycles. The minimum Gasteiger partial charge on any atom is -0.497 e. The molecule has 0 aliphatic carbocycles. The molecule has 0 heterocycles. The zero-order valence-electron chi connectivity index (χ0n) is 32.6. The van der Waals surface area contributed by atoms with Crippen LogP contribution in [0.3, 0.4) is 0 Å². The lowest BCUT2D eigenvalue weighted by Gasteiger charge is -2.31.